The number of methoxy groups -OCH3 is 1. The van der Waals surface area contributed by atoms with Gasteiger partial charge in [-0.25, -0.2) is 4.79 Å². The summed E-state index contributed by atoms with van der Waals surface area (Å²) >= 11 is 5.97. The first-order valence-electron chi connectivity index (χ1n) is 10.8. The van der Waals surface area contributed by atoms with Crippen molar-refractivity contribution in [3.05, 3.63) is 34.9 Å². The van der Waals surface area contributed by atoms with Crippen LogP contribution in [0.15, 0.2) is 24.3 Å². The van der Waals surface area contributed by atoms with Crippen LogP contribution >= 0.6 is 11.6 Å². The molecule has 0 saturated carbocycles. The quantitative estimate of drug-likeness (QED) is 0.647. The fourth-order valence-electron chi connectivity index (χ4n) is 3.54. The number of carbonyl (C=O) groups excluding carboxylic acids is 3. The lowest BCUT2D eigenvalue weighted by Gasteiger charge is -2.41. The molecule has 1 aliphatic heterocycles. The number of esters is 1. The number of amides is 2. The Labute approximate surface area is 195 Å². The SMILES string of the molecule is COC(=O)[C@H]1CN(C(=O)[C@@H](NC(=O)OC(C)(C)C)C(C)C)CCN1Cc1ccc(Cl)cc1. The summed E-state index contributed by atoms with van der Waals surface area (Å²) in [5, 5.41) is 3.33. The standard InChI is InChI=1S/C23H34ClN3O5/c1-15(2)19(25-22(30)32-23(3,4)5)20(28)27-12-11-26(18(14-27)21(29)31-6)13-16-7-9-17(24)10-8-16/h7-10,15,18-19H,11-14H2,1-6H3,(H,25,30)/t18-,19+/m1/s1. The van der Waals surface area contributed by atoms with Crippen molar-refractivity contribution >= 4 is 29.6 Å². The van der Waals surface area contributed by atoms with Crippen LogP contribution in [0.3, 0.4) is 0 Å². The molecule has 0 aliphatic carbocycles. The molecule has 0 bridgehead atoms. The fraction of sp³-hybridized carbons (Fsp3) is 0.609. The molecule has 32 heavy (non-hydrogen) atoms. The summed E-state index contributed by atoms with van der Waals surface area (Å²) in [6.45, 7) is 10.6. The van der Waals surface area contributed by atoms with Gasteiger partial charge in [0, 0.05) is 31.2 Å². The van der Waals surface area contributed by atoms with E-state index in [1.807, 2.05) is 30.9 Å². The first-order valence-corrected chi connectivity index (χ1v) is 11.1. The van der Waals surface area contributed by atoms with Gasteiger partial charge in [-0.05, 0) is 44.4 Å². The van der Waals surface area contributed by atoms with Crippen molar-refractivity contribution in [1.82, 2.24) is 15.1 Å². The minimum atomic E-state index is -0.758. The van der Waals surface area contributed by atoms with Crippen molar-refractivity contribution < 1.29 is 23.9 Å². The monoisotopic (exact) mass is 467 g/mol. The maximum atomic E-state index is 13.3. The van der Waals surface area contributed by atoms with E-state index in [9.17, 15) is 14.4 Å². The third kappa shape index (κ3) is 7.38. The van der Waals surface area contributed by atoms with Crippen molar-refractivity contribution in [3.8, 4) is 0 Å². The highest BCUT2D eigenvalue weighted by molar-refractivity contribution is 6.30. The summed E-state index contributed by atoms with van der Waals surface area (Å²) in [5.74, 6) is -0.803. The molecule has 1 aromatic rings. The summed E-state index contributed by atoms with van der Waals surface area (Å²) in [5.41, 5.74) is 0.340. The molecule has 8 nitrogen and oxygen atoms in total. The number of nitrogens with zero attached hydrogens (tertiary/aromatic N) is 2. The van der Waals surface area contributed by atoms with E-state index in [-0.39, 0.29) is 18.4 Å². The molecule has 9 heteroatoms. The van der Waals surface area contributed by atoms with E-state index in [0.29, 0.717) is 24.7 Å². The molecule has 1 fully saturated rings. The number of nitrogens with one attached hydrogen (secondary N) is 1. The molecular formula is C23H34ClN3O5. The van der Waals surface area contributed by atoms with Crippen molar-refractivity contribution in [1.29, 1.82) is 0 Å². The Kier molecular flexibility index (Phi) is 8.92. The van der Waals surface area contributed by atoms with E-state index < -0.39 is 29.7 Å². The number of alkyl carbamates (subject to hydrolysis) is 1. The normalized spacial score (nSPS) is 18.2. The van der Waals surface area contributed by atoms with Gasteiger partial charge in [0.15, 0.2) is 0 Å². The van der Waals surface area contributed by atoms with Crippen molar-refractivity contribution in [2.45, 2.75) is 58.8 Å². The molecule has 0 spiro atoms. The molecular weight excluding hydrogens is 434 g/mol. The van der Waals surface area contributed by atoms with Crippen LogP contribution in [0.25, 0.3) is 0 Å². The van der Waals surface area contributed by atoms with E-state index >= 15 is 0 Å². The Hall–Kier alpha value is -2.32. The summed E-state index contributed by atoms with van der Waals surface area (Å²) < 4.78 is 10.3. The van der Waals surface area contributed by atoms with Crippen molar-refractivity contribution in [3.63, 3.8) is 0 Å². The van der Waals surface area contributed by atoms with Gasteiger partial charge in [0.05, 0.1) is 7.11 Å². The summed E-state index contributed by atoms with van der Waals surface area (Å²) in [6.07, 6.45) is -0.643. The zero-order valence-electron chi connectivity index (χ0n) is 19.7. The van der Waals surface area contributed by atoms with E-state index in [1.165, 1.54) is 7.11 Å². The van der Waals surface area contributed by atoms with Crippen LogP contribution in [0.1, 0.15) is 40.2 Å². The molecule has 1 heterocycles. The average Bonchev–Trinajstić information content (AvgIpc) is 2.71. The summed E-state index contributed by atoms with van der Waals surface area (Å²) in [4.78, 5) is 41.7. The minimum Gasteiger partial charge on any atom is -0.468 e. The van der Waals surface area contributed by atoms with Gasteiger partial charge >= 0.3 is 12.1 Å². The van der Waals surface area contributed by atoms with Gasteiger partial charge in [-0.1, -0.05) is 37.6 Å². The second kappa shape index (κ2) is 11.0. The fourth-order valence-corrected chi connectivity index (χ4v) is 3.66. The zero-order valence-corrected chi connectivity index (χ0v) is 20.4. The molecule has 2 rings (SSSR count). The lowest BCUT2D eigenvalue weighted by atomic mass is 10.0. The molecule has 0 unspecified atom stereocenters. The number of hydrogen-bond acceptors (Lipinski definition) is 6. The molecule has 0 radical (unpaired) electrons. The molecule has 2 amide bonds. The van der Waals surface area contributed by atoms with E-state index in [1.54, 1.807) is 37.8 Å². The topological polar surface area (TPSA) is 88.2 Å². The van der Waals surface area contributed by atoms with Crippen LogP contribution in [0.5, 0.6) is 0 Å². The second-order valence-corrected chi connectivity index (χ2v) is 9.72. The molecule has 1 N–H and O–H groups in total. The highest BCUT2D eigenvalue weighted by Gasteiger charge is 2.38. The minimum absolute atomic E-state index is 0.154. The Morgan fingerprint density at radius 3 is 2.31 bits per heavy atom. The predicted octanol–water partition coefficient (Wildman–Crippen LogP) is 3.08. The van der Waals surface area contributed by atoms with Crippen molar-refractivity contribution in [2.24, 2.45) is 5.92 Å². The average molecular weight is 468 g/mol. The van der Waals surface area contributed by atoms with Crippen LogP contribution in [0.4, 0.5) is 4.79 Å². The number of hydrogen-bond donors (Lipinski definition) is 1. The zero-order chi connectivity index (χ0) is 24.1. The van der Waals surface area contributed by atoms with Crippen LogP contribution in [-0.2, 0) is 25.6 Å². The van der Waals surface area contributed by atoms with Crippen LogP contribution in [0, 0.1) is 5.92 Å². The van der Waals surface area contributed by atoms with Gasteiger partial charge in [0.1, 0.15) is 17.7 Å². The lowest BCUT2D eigenvalue weighted by molar-refractivity contribution is -0.152. The number of ether oxygens (including phenoxy) is 2. The van der Waals surface area contributed by atoms with Crippen molar-refractivity contribution in [2.75, 3.05) is 26.7 Å². The van der Waals surface area contributed by atoms with E-state index in [2.05, 4.69) is 5.32 Å². The van der Waals surface area contributed by atoms with Crippen LogP contribution < -0.4 is 5.32 Å². The van der Waals surface area contributed by atoms with Gasteiger partial charge < -0.3 is 19.7 Å². The predicted molar refractivity (Wildman–Crippen MR) is 122 cm³/mol. The number of benzene rings is 1. The second-order valence-electron chi connectivity index (χ2n) is 9.29. The Morgan fingerprint density at radius 1 is 1.16 bits per heavy atom. The largest absolute Gasteiger partial charge is 0.468 e. The van der Waals surface area contributed by atoms with Gasteiger partial charge in [-0.3, -0.25) is 14.5 Å². The first kappa shape index (κ1) is 25.9. The Bertz CT molecular complexity index is 807. The summed E-state index contributed by atoms with van der Waals surface area (Å²) in [7, 11) is 1.34. The molecule has 2 atom stereocenters. The first-order chi connectivity index (χ1) is 14.9. The maximum Gasteiger partial charge on any atom is 0.408 e. The highest BCUT2D eigenvalue weighted by Crippen LogP contribution is 2.19. The van der Waals surface area contributed by atoms with Crippen LogP contribution in [-0.4, -0.2) is 72.2 Å². The maximum absolute atomic E-state index is 13.3. The Morgan fingerprint density at radius 2 is 1.78 bits per heavy atom. The molecule has 178 valence electrons. The smallest absolute Gasteiger partial charge is 0.408 e. The third-order valence-electron chi connectivity index (χ3n) is 5.18. The molecule has 1 saturated heterocycles. The number of rotatable bonds is 6. The Balaban J connectivity index is 2.12. The van der Waals surface area contributed by atoms with Gasteiger partial charge in [-0.2, -0.15) is 0 Å². The van der Waals surface area contributed by atoms with E-state index in [4.69, 9.17) is 21.1 Å². The molecule has 1 aromatic carbocycles. The molecule has 1 aliphatic rings. The third-order valence-corrected chi connectivity index (χ3v) is 5.43. The van der Waals surface area contributed by atoms with Crippen LogP contribution in [0.2, 0.25) is 5.02 Å². The van der Waals surface area contributed by atoms with Gasteiger partial charge in [0.25, 0.3) is 0 Å². The number of halogens is 1. The lowest BCUT2D eigenvalue weighted by Crippen LogP contribution is -2.61. The van der Waals surface area contributed by atoms with Gasteiger partial charge in [0.2, 0.25) is 5.91 Å². The summed E-state index contributed by atoms with van der Waals surface area (Å²) in [6, 6.07) is 6.06. The number of piperazine rings is 1. The van der Waals surface area contributed by atoms with Gasteiger partial charge in [-0.15, -0.1) is 0 Å². The van der Waals surface area contributed by atoms with E-state index in [0.717, 1.165) is 5.56 Å². The molecule has 0 aromatic heterocycles. The highest BCUT2D eigenvalue weighted by atomic mass is 35.5. The number of carbonyl (C=O) groups is 3.